The Morgan fingerprint density at radius 1 is 1.30 bits per heavy atom. The van der Waals surface area contributed by atoms with Gasteiger partial charge < -0.3 is 5.11 Å². The number of aromatic nitrogens is 1. The maximum Gasteiger partial charge on any atom is 0.261 e. The highest BCUT2D eigenvalue weighted by atomic mass is 32.2. The van der Waals surface area contributed by atoms with Crippen LogP contribution in [0.3, 0.4) is 0 Å². The molecule has 6 heteroatoms. The lowest BCUT2D eigenvalue weighted by Crippen LogP contribution is -2.14. The van der Waals surface area contributed by atoms with Crippen LogP contribution < -0.4 is 4.72 Å². The van der Waals surface area contributed by atoms with E-state index < -0.39 is 16.1 Å². The summed E-state index contributed by atoms with van der Waals surface area (Å²) in [7, 11) is -3.68. The van der Waals surface area contributed by atoms with Gasteiger partial charge in [0.25, 0.3) is 10.0 Å². The molecule has 1 aromatic heterocycles. The number of hydrogen-bond acceptors (Lipinski definition) is 4. The lowest BCUT2D eigenvalue weighted by molar-refractivity contribution is 0.199. The monoisotopic (exact) mass is 292 g/mol. The Balaban J connectivity index is 2.36. The van der Waals surface area contributed by atoms with E-state index in [1.54, 1.807) is 38.2 Å². The molecular weight excluding hydrogens is 276 g/mol. The van der Waals surface area contributed by atoms with Crippen molar-refractivity contribution in [1.29, 1.82) is 0 Å². The Morgan fingerprint density at radius 3 is 2.70 bits per heavy atom. The number of aliphatic hydroxyl groups is 1. The number of nitrogens with zero attached hydrogens (tertiary/aromatic N) is 1. The maximum absolute atomic E-state index is 12.3. The lowest BCUT2D eigenvalue weighted by atomic mass is 10.1. The molecule has 0 spiro atoms. The van der Waals surface area contributed by atoms with Gasteiger partial charge in [-0.1, -0.05) is 12.1 Å². The van der Waals surface area contributed by atoms with Crippen molar-refractivity contribution in [2.24, 2.45) is 0 Å². The summed E-state index contributed by atoms with van der Waals surface area (Å²) in [6, 6.07) is 7.84. The van der Waals surface area contributed by atoms with E-state index >= 15 is 0 Å². The molecule has 0 bridgehead atoms. The standard InChI is InChI=1S/C14H16N2O3S/c1-10-9-15-7-6-14(10)16-20(18,19)13-5-3-4-12(8-13)11(2)17/h3-9,11,17H,1-2H3,(H,15,16). The molecule has 2 aromatic rings. The summed E-state index contributed by atoms with van der Waals surface area (Å²) < 4.78 is 27.2. The zero-order valence-corrected chi connectivity index (χ0v) is 12.1. The fraction of sp³-hybridized carbons (Fsp3) is 0.214. The number of hydrogen-bond donors (Lipinski definition) is 2. The zero-order chi connectivity index (χ0) is 14.8. The SMILES string of the molecule is Cc1cnccc1NS(=O)(=O)c1cccc(C(C)O)c1. The minimum Gasteiger partial charge on any atom is -0.389 e. The van der Waals surface area contributed by atoms with Crippen LogP contribution in [-0.4, -0.2) is 18.5 Å². The van der Waals surface area contributed by atoms with E-state index in [4.69, 9.17) is 0 Å². The van der Waals surface area contributed by atoms with Crippen LogP contribution in [0.2, 0.25) is 0 Å². The number of aliphatic hydroxyl groups excluding tert-OH is 1. The van der Waals surface area contributed by atoms with Gasteiger partial charge in [-0.15, -0.1) is 0 Å². The number of nitrogens with one attached hydrogen (secondary N) is 1. The Morgan fingerprint density at radius 2 is 2.05 bits per heavy atom. The molecule has 20 heavy (non-hydrogen) atoms. The molecule has 2 rings (SSSR count). The molecule has 106 valence electrons. The minimum atomic E-state index is -3.68. The molecule has 1 aromatic carbocycles. The normalized spacial score (nSPS) is 12.9. The van der Waals surface area contributed by atoms with Crippen LogP contribution in [0.1, 0.15) is 24.2 Å². The summed E-state index contributed by atoms with van der Waals surface area (Å²) in [4.78, 5) is 4.03. The van der Waals surface area contributed by atoms with Gasteiger partial charge >= 0.3 is 0 Å². The van der Waals surface area contributed by atoms with Crippen LogP contribution >= 0.6 is 0 Å². The van der Waals surface area contributed by atoms with Crippen LogP contribution in [0.15, 0.2) is 47.6 Å². The quantitative estimate of drug-likeness (QED) is 0.905. The van der Waals surface area contributed by atoms with E-state index in [1.165, 1.54) is 18.3 Å². The van der Waals surface area contributed by atoms with Gasteiger partial charge in [0.15, 0.2) is 0 Å². The Kier molecular flexibility index (Phi) is 4.06. The molecule has 2 N–H and O–H groups in total. The Bertz CT molecular complexity index is 712. The van der Waals surface area contributed by atoms with Crippen molar-refractivity contribution < 1.29 is 13.5 Å². The maximum atomic E-state index is 12.3. The molecule has 1 atom stereocenters. The van der Waals surface area contributed by atoms with Crippen molar-refractivity contribution in [2.45, 2.75) is 24.8 Å². The van der Waals surface area contributed by atoms with Gasteiger partial charge in [-0.3, -0.25) is 9.71 Å². The number of pyridine rings is 1. The van der Waals surface area contributed by atoms with E-state index in [0.717, 1.165) is 5.56 Å². The molecule has 5 nitrogen and oxygen atoms in total. The van der Waals surface area contributed by atoms with Gasteiger partial charge in [-0.05, 0) is 43.2 Å². The Hall–Kier alpha value is -1.92. The summed E-state index contributed by atoms with van der Waals surface area (Å²) in [6.07, 6.45) is 2.40. The lowest BCUT2D eigenvalue weighted by Gasteiger charge is -2.11. The summed E-state index contributed by atoms with van der Waals surface area (Å²) in [5.74, 6) is 0. The van der Waals surface area contributed by atoms with Gasteiger partial charge in [0.1, 0.15) is 0 Å². The molecule has 1 unspecified atom stereocenters. The zero-order valence-electron chi connectivity index (χ0n) is 11.2. The fourth-order valence-electron chi connectivity index (χ4n) is 1.73. The third kappa shape index (κ3) is 3.15. The Labute approximate surface area is 118 Å². The van der Waals surface area contributed by atoms with Crippen molar-refractivity contribution >= 4 is 15.7 Å². The summed E-state index contributed by atoms with van der Waals surface area (Å²) in [5.41, 5.74) is 1.78. The van der Waals surface area contributed by atoms with Gasteiger partial charge in [0, 0.05) is 12.4 Å². The average molecular weight is 292 g/mol. The topological polar surface area (TPSA) is 79.3 Å². The van der Waals surface area contributed by atoms with E-state index in [0.29, 0.717) is 11.3 Å². The minimum absolute atomic E-state index is 0.118. The first kappa shape index (κ1) is 14.5. The predicted octanol–water partition coefficient (Wildman–Crippen LogP) is 2.24. The number of rotatable bonds is 4. The number of benzene rings is 1. The first-order valence-corrected chi connectivity index (χ1v) is 7.60. The predicted molar refractivity (Wildman–Crippen MR) is 76.9 cm³/mol. The van der Waals surface area contributed by atoms with Crippen molar-refractivity contribution in [1.82, 2.24) is 4.98 Å². The first-order valence-electron chi connectivity index (χ1n) is 6.11. The second kappa shape index (κ2) is 5.60. The third-order valence-electron chi connectivity index (χ3n) is 2.92. The fourth-order valence-corrected chi connectivity index (χ4v) is 2.92. The summed E-state index contributed by atoms with van der Waals surface area (Å²) >= 11 is 0. The first-order chi connectivity index (χ1) is 9.40. The smallest absolute Gasteiger partial charge is 0.261 e. The van der Waals surface area contributed by atoms with Crippen LogP contribution in [0.25, 0.3) is 0 Å². The van der Waals surface area contributed by atoms with Crippen LogP contribution in [0.4, 0.5) is 5.69 Å². The van der Waals surface area contributed by atoms with E-state index in [9.17, 15) is 13.5 Å². The highest BCUT2D eigenvalue weighted by Crippen LogP contribution is 2.21. The van der Waals surface area contributed by atoms with Crippen molar-refractivity contribution in [3.05, 3.63) is 53.9 Å². The van der Waals surface area contributed by atoms with Gasteiger partial charge in [-0.2, -0.15) is 0 Å². The molecular formula is C14H16N2O3S. The highest BCUT2D eigenvalue weighted by molar-refractivity contribution is 7.92. The number of sulfonamides is 1. The van der Waals surface area contributed by atoms with Gasteiger partial charge in [-0.25, -0.2) is 8.42 Å². The van der Waals surface area contributed by atoms with E-state index in [1.807, 2.05) is 0 Å². The van der Waals surface area contributed by atoms with Crippen molar-refractivity contribution in [3.63, 3.8) is 0 Å². The summed E-state index contributed by atoms with van der Waals surface area (Å²) in [5, 5.41) is 9.52. The molecule has 0 saturated heterocycles. The molecule has 0 aliphatic heterocycles. The molecule has 1 heterocycles. The third-order valence-corrected chi connectivity index (χ3v) is 4.28. The molecule has 0 saturated carbocycles. The second-order valence-corrected chi connectivity index (χ2v) is 6.23. The van der Waals surface area contributed by atoms with Gasteiger partial charge in [0.05, 0.1) is 16.7 Å². The second-order valence-electron chi connectivity index (χ2n) is 4.54. The summed E-state index contributed by atoms with van der Waals surface area (Å²) in [6.45, 7) is 3.36. The molecule has 0 fully saturated rings. The van der Waals surface area contributed by atoms with E-state index in [2.05, 4.69) is 9.71 Å². The van der Waals surface area contributed by atoms with Crippen LogP contribution in [0.5, 0.6) is 0 Å². The number of anilines is 1. The molecule has 0 aliphatic carbocycles. The van der Waals surface area contributed by atoms with Crippen molar-refractivity contribution in [3.8, 4) is 0 Å². The van der Waals surface area contributed by atoms with Crippen LogP contribution in [0, 0.1) is 6.92 Å². The molecule has 0 radical (unpaired) electrons. The van der Waals surface area contributed by atoms with Gasteiger partial charge in [0.2, 0.25) is 0 Å². The van der Waals surface area contributed by atoms with Crippen molar-refractivity contribution in [2.75, 3.05) is 4.72 Å². The molecule has 0 amide bonds. The largest absolute Gasteiger partial charge is 0.389 e. The van der Waals surface area contributed by atoms with Crippen LogP contribution in [-0.2, 0) is 10.0 Å². The number of aryl methyl sites for hydroxylation is 1. The molecule has 0 aliphatic rings. The van der Waals surface area contributed by atoms with E-state index in [-0.39, 0.29) is 4.90 Å². The average Bonchev–Trinajstić information content (AvgIpc) is 2.41. The highest BCUT2D eigenvalue weighted by Gasteiger charge is 2.16.